The van der Waals surface area contributed by atoms with Crippen molar-refractivity contribution in [1.82, 2.24) is 15.6 Å². The molecule has 0 atom stereocenters. The molecule has 3 nitrogen and oxygen atoms in total. The Balaban J connectivity index is 2.30. The zero-order chi connectivity index (χ0) is 12.3. The molecule has 0 spiro atoms. The topological polar surface area (TPSA) is 37.0 Å². The molecule has 1 aliphatic rings. The Morgan fingerprint density at radius 2 is 2.06 bits per heavy atom. The third-order valence-corrected chi connectivity index (χ3v) is 4.83. The lowest BCUT2D eigenvalue weighted by atomic mass is 9.89. The first-order chi connectivity index (χ1) is 8.22. The van der Waals surface area contributed by atoms with Gasteiger partial charge in [0.05, 0.1) is 11.2 Å². The second kappa shape index (κ2) is 5.46. The molecule has 1 aliphatic heterocycles. The molecule has 1 aromatic rings. The third kappa shape index (κ3) is 2.54. The number of piperidine rings is 1. The van der Waals surface area contributed by atoms with Crippen LogP contribution < -0.4 is 10.6 Å². The number of aromatic nitrogens is 1. The van der Waals surface area contributed by atoms with E-state index < -0.39 is 0 Å². The second-order valence-electron chi connectivity index (χ2n) is 4.74. The van der Waals surface area contributed by atoms with Crippen LogP contribution in [-0.2, 0) is 12.0 Å². The van der Waals surface area contributed by atoms with Crippen LogP contribution in [0.4, 0.5) is 0 Å². The number of nitrogens with zero attached hydrogens (tertiary/aromatic N) is 1. The standard InChI is InChI=1S/C13H23N3S/c1-4-11-10(3)17-12(16-11)13(15-5-2)6-8-14-9-7-13/h14-15H,4-9H2,1-3H3. The molecule has 96 valence electrons. The quantitative estimate of drug-likeness (QED) is 0.864. The van der Waals surface area contributed by atoms with Gasteiger partial charge in [-0.3, -0.25) is 0 Å². The lowest BCUT2D eigenvalue weighted by Crippen LogP contribution is -2.49. The maximum absolute atomic E-state index is 4.87. The highest BCUT2D eigenvalue weighted by Gasteiger charge is 2.36. The van der Waals surface area contributed by atoms with E-state index in [0.717, 1.165) is 38.9 Å². The maximum atomic E-state index is 4.87. The SMILES string of the molecule is CCNC1(c2nc(CC)c(C)s2)CCNCC1. The molecule has 1 aromatic heterocycles. The molecule has 1 saturated heterocycles. The fourth-order valence-corrected chi connectivity index (χ4v) is 3.84. The zero-order valence-electron chi connectivity index (χ0n) is 11.1. The first-order valence-electron chi connectivity index (χ1n) is 6.64. The van der Waals surface area contributed by atoms with Crippen LogP contribution in [0.3, 0.4) is 0 Å². The first kappa shape index (κ1) is 13.0. The molecule has 0 radical (unpaired) electrons. The summed E-state index contributed by atoms with van der Waals surface area (Å²) in [7, 11) is 0. The molecule has 0 saturated carbocycles. The highest BCUT2D eigenvalue weighted by molar-refractivity contribution is 7.11. The normalized spacial score (nSPS) is 19.5. The van der Waals surface area contributed by atoms with Crippen molar-refractivity contribution in [2.45, 2.75) is 45.6 Å². The molecule has 0 bridgehead atoms. The number of hydrogen-bond acceptors (Lipinski definition) is 4. The summed E-state index contributed by atoms with van der Waals surface area (Å²) in [5.41, 5.74) is 1.41. The molecular weight excluding hydrogens is 230 g/mol. The molecular formula is C13H23N3S. The van der Waals surface area contributed by atoms with Crippen LogP contribution in [0.25, 0.3) is 0 Å². The molecule has 17 heavy (non-hydrogen) atoms. The van der Waals surface area contributed by atoms with Gasteiger partial charge in [-0.15, -0.1) is 11.3 Å². The van der Waals surface area contributed by atoms with Gasteiger partial charge in [0.25, 0.3) is 0 Å². The van der Waals surface area contributed by atoms with Crippen molar-refractivity contribution in [3.8, 4) is 0 Å². The van der Waals surface area contributed by atoms with E-state index in [9.17, 15) is 0 Å². The fraction of sp³-hybridized carbons (Fsp3) is 0.769. The van der Waals surface area contributed by atoms with Crippen LogP contribution >= 0.6 is 11.3 Å². The van der Waals surface area contributed by atoms with Crippen LogP contribution in [0, 0.1) is 6.92 Å². The van der Waals surface area contributed by atoms with Gasteiger partial charge in [0.1, 0.15) is 5.01 Å². The van der Waals surface area contributed by atoms with E-state index in [4.69, 9.17) is 4.98 Å². The molecule has 0 aliphatic carbocycles. The van der Waals surface area contributed by atoms with Gasteiger partial charge in [-0.25, -0.2) is 4.98 Å². The Labute approximate surface area is 108 Å². The summed E-state index contributed by atoms with van der Waals surface area (Å²) >= 11 is 1.88. The Kier molecular flexibility index (Phi) is 4.17. The van der Waals surface area contributed by atoms with Crippen LogP contribution in [0.2, 0.25) is 0 Å². The van der Waals surface area contributed by atoms with Gasteiger partial charge in [0, 0.05) is 4.88 Å². The Hall–Kier alpha value is -0.450. The Bertz CT molecular complexity index is 361. The van der Waals surface area contributed by atoms with Crippen molar-refractivity contribution in [2.24, 2.45) is 0 Å². The van der Waals surface area contributed by atoms with Gasteiger partial charge in [-0.1, -0.05) is 13.8 Å². The van der Waals surface area contributed by atoms with Crippen molar-refractivity contribution in [3.05, 3.63) is 15.6 Å². The maximum Gasteiger partial charge on any atom is 0.113 e. The molecule has 0 aromatic carbocycles. The van der Waals surface area contributed by atoms with Crippen LogP contribution in [0.5, 0.6) is 0 Å². The second-order valence-corrected chi connectivity index (χ2v) is 5.94. The van der Waals surface area contributed by atoms with Crippen molar-refractivity contribution in [2.75, 3.05) is 19.6 Å². The fourth-order valence-electron chi connectivity index (χ4n) is 2.62. The number of nitrogens with one attached hydrogen (secondary N) is 2. The minimum absolute atomic E-state index is 0.128. The largest absolute Gasteiger partial charge is 0.317 e. The molecule has 1 fully saturated rings. The van der Waals surface area contributed by atoms with Gasteiger partial charge in [0.2, 0.25) is 0 Å². The van der Waals surface area contributed by atoms with Crippen LogP contribution in [0.15, 0.2) is 0 Å². The monoisotopic (exact) mass is 253 g/mol. The Morgan fingerprint density at radius 1 is 1.35 bits per heavy atom. The summed E-state index contributed by atoms with van der Waals surface area (Å²) in [5.74, 6) is 0. The van der Waals surface area contributed by atoms with E-state index in [0.29, 0.717) is 0 Å². The van der Waals surface area contributed by atoms with Gasteiger partial charge in [0.15, 0.2) is 0 Å². The molecule has 2 heterocycles. The van der Waals surface area contributed by atoms with Crippen molar-refractivity contribution in [3.63, 3.8) is 0 Å². The van der Waals surface area contributed by atoms with Crippen LogP contribution in [-0.4, -0.2) is 24.6 Å². The third-order valence-electron chi connectivity index (χ3n) is 3.61. The summed E-state index contributed by atoms with van der Waals surface area (Å²) in [4.78, 5) is 6.26. The van der Waals surface area contributed by atoms with Crippen molar-refractivity contribution in [1.29, 1.82) is 0 Å². The number of rotatable bonds is 4. The predicted octanol–water partition coefficient (Wildman–Crippen LogP) is 2.20. The first-order valence-corrected chi connectivity index (χ1v) is 7.46. The average molecular weight is 253 g/mol. The summed E-state index contributed by atoms with van der Waals surface area (Å²) in [6.45, 7) is 9.76. The van der Waals surface area contributed by atoms with E-state index in [1.54, 1.807) is 0 Å². The minimum Gasteiger partial charge on any atom is -0.317 e. The highest BCUT2D eigenvalue weighted by atomic mass is 32.1. The van der Waals surface area contributed by atoms with E-state index in [2.05, 4.69) is 31.4 Å². The van der Waals surface area contributed by atoms with E-state index in [-0.39, 0.29) is 5.54 Å². The highest BCUT2D eigenvalue weighted by Crippen LogP contribution is 2.34. The summed E-state index contributed by atoms with van der Waals surface area (Å²) in [6.07, 6.45) is 3.34. The smallest absolute Gasteiger partial charge is 0.113 e. The lowest BCUT2D eigenvalue weighted by molar-refractivity contribution is 0.250. The van der Waals surface area contributed by atoms with Gasteiger partial charge < -0.3 is 10.6 Å². The molecule has 4 heteroatoms. The minimum atomic E-state index is 0.128. The van der Waals surface area contributed by atoms with E-state index in [1.165, 1.54) is 15.6 Å². The number of thiazole rings is 1. The summed E-state index contributed by atoms with van der Waals surface area (Å²) in [6, 6.07) is 0. The average Bonchev–Trinajstić information content (AvgIpc) is 2.73. The van der Waals surface area contributed by atoms with E-state index in [1.807, 2.05) is 11.3 Å². The molecule has 2 N–H and O–H groups in total. The zero-order valence-corrected chi connectivity index (χ0v) is 11.9. The van der Waals surface area contributed by atoms with Crippen molar-refractivity contribution >= 4 is 11.3 Å². The van der Waals surface area contributed by atoms with Gasteiger partial charge in [-0.2, -0.15) is 0 Å². The van der Waals surface area contributed by atoms with Gasteiger partial charge >= 0.3 is 0 Å². The Morgan fingerprint density at radius 3 is 2.59 bits per heavy atom. The molecule has 0 unspecified atom stereocenters. The van der Waals surface area contributed by atoms with Gasteiger partial charge in [-0.05, 0) is 45.8 Å². The molecule has 2 rings (SSSR count). The number of hydrogen-bond donors (Lipinski definition) is 2. The number of aryl methyl sites for hydroxylation is 2. The van der Waals surface area contributed by atoms with E-state index >= 15 is 0 Å². The van der Waals surface area contributed by atoms with Crippen molar-refractivity contribution < 1.29 is 0 Å². The summed E-state index contributed by atoms with van der Waals surface area (Å²) < 4.78 is 0. The molecule has 0 amide bonds. The van der Waals surface area contributed by atoms with Crippen LogP contribution in [0.1, 0.15) is 42.3 Å². The predicted molar refractivity (Wildman–Crippen MR) is 73.7 cm³/mol. The lowest BCUT2D eigenvalue weighted by Gasteiger charge is -2.36. The summed E-state index contributed by atoms with van der Waals surface area (Å²) in [5, 5.41) is 8.43.